The van der Waals surface area contributed by atoms with Crippen molar-refractivity contribution in [1.82, 2.24) is 5.32 Å². The molecule has 0 aromatic heterocycles. The lowest BCUT2D eigenvalue weighted by atomic mass is 9.83. The smallest absolute Gasteiger partial charge is 0.255 e. The van der Waals surface area contributed by atoms with Crippen LogP contribution in [0.1, 0.15) is 48.0 Å². The van der Waals surface area contributed by atoms with Crippen LogP contribution in [0.2, 0.25) is 0 Å². The second kappa shape index (κ2) is 6.89. The van der Waals surface area contributed by atoms with Gasteiger partial charge in [0.05, 0.1) is 16.6 Å². The molecular formula is C16H22N2O2S. The number of nitrogens with two attached hydrogens (primary N) is 1. The molecule has 4 nitrogen and oxygen atoms in total. The summed E-state index contributed by atoms with van der Waals surface area (Å²) in [7, 11) is 0. The quantitative estimate of drug-likeness (QED) is 0.748. The number of rotatable bonds is 4. The highest BCUT2D eigenvalue weighted by molar-refractivity contribution is 7.80. The molecule has 1 aromatic carbocycles. The highest BCUT2D eigenvalue weighted by Gasteiger charge is 2.28. The second-order valence-electron chi connectivity index (χ2n) is 5.77. The van der Waals surface area contributed by atoms with Gasteiger partial charge in [-0.3, -0.25) is 4.79 Å². The maximum Gasteiger partial charge on any atom is 0.255 e. The third kappa shape index (κ3) is 3.94. The van der Waals surface area contributed by atoms with Crippen molar-refractivity contribution in [3.63, 3.8) is 0 Å². The molecule has 0 radical (unpaired) electrons. The summed E-state index contributed by atoms with van der Waals surface area (Å²) < 4.78 is 0. The molecule has 1 atom stereocenters. The van der Waals surface area contributed by atoms with E-state index < -0.39 is 0 Å². The van der Waals surface area contributed by atoms with Crippen LogP contribution in [0.25, 0.3) is 0 Å². The fourth-order valence-electron chi connectivity index (χ4n) is 2.94. The number of carbonyl (C=O) groups excluding carboxylic acids is 1. The number of nitrogens with one attached hydrogen (secondary N) is 1. The van der Waals surface area contributed by atoms with Gasteiger partial charge in [0, 0.05) is 0 Å². The summed E-state index contributed by atoms with van der Waals surface area (Å²) in [4.78, 5) is 12.7. The average Bonchev–Trinajstić information content (AvgIpc) is 2.45. The number of aromatic hydroxyl groups is 1. The lowest BCUT2D eigenvalue weighted by Gasteiger charge is -2.30. The van der Waals surface area contributed by atoms with Gasteiger partial charge >= 0.3 is 0 Å². The highest BCUT2D eigenvalue weighted by Crippen LogP contribution is 2.27. The fourth-order valence-corrected chi connectivity index (χ4v) is 3.19. The predicted molar refractivity (Wildman–Crippen MR) is 87.5 cm³/mol. The first-order valence-corrected chi connectivity index (χ1v) is 7.79. The summed E-state index contributed by atoms with van der Waals surface area (Å²) in [6.45, 7) is 1.86. The molecule has 0 saturated heterocycles. The van der Waals surface area contributed by atoms with E-state index in [1.54, 1.807) is 18.2 Å². The van der Waals surface area contributed by atoms with Crippen LogP contribution in [0.15, 0.2) is 18.2 Å². The Balaban J connectivity index is 2.12. The Bertz CT molecular complexity index is 539. The third-order valence-corrected chi connectivity index (χ3v) is 4.37. The van der Waals surface area contributed by atoms with Crippen LogP contribution in [-0.4, -0.2) is 22.0 Å². The monoisotopic (exact) mass is 306 g/mol. The summed E-state index contributed by atoms with van der Waals surface area (Å²) in [5.41, 5.74) is 6.98. The van der Waals surface area contributed by atoms with Crippen LogP contribution in [-0.2, 0) is 0 Å². The van der Waals surface area contributed by atoms with E-state index in [-0.39, 0.29) is 23.3 Å². The number of hydrogen-bond donors (Lipinski definition) is 3. The van der Waals surface area contributed by atoms with Crippen molar-refractivity contribution < 1.29 is 9.90 Å². The van der Waals surface area contributed by atoms with E-state index in [1.165, 1.54) is 6.42 Å². The molecule has 0 aliphatic heterocycles. The van der Waals surface area contributed by atoms with E-state index >= 15 is 0 Å². The van der Waals surface area contributed by atoms with Crippen molar-refractivity contribution >= 4 is 23.1 Å². The van der Waals surface area contributed by atoms with Crippen LogP contribution >= 0.6 is 12.2 Å². The van der Waals surface area contributed by atoms with E-state index in [0.29, 0.717) is 10.9 Å². The van der Waals surface area contributed by atoms with Gasteiger partial charge in [0.2, 0.25) is 0 Å². The molecule has 21 heavy (non-hydrogen) atoms. The number of aryl methyl sites for hydroxylation is 1. The summed E-state index contributed by atoms with van der Waals surface area (Å²) in [5, 5.41) is 12.8. The molecule has 0 spiro atoms. The van der Waals surface area contributed by atoms with Crippen LogP contribution < -0.4 is 11.1 Å². The van der Waals surface area contributed by atoms with E-state index in [1.807, 2.05) is 6.92 Å². The van der Waals surface area contributed by atoms with Crippen molar-refractivity contribution in [3.8, 4) is 5.75 Å². The van der Waals surface area contributed by atoms with Crippen LogP contribution in [0.3, 0.4) is 0 Å². The van der Waals surface area contributed by atoms with Crippen LogP contribution in [0.5, 0.6) is 5.75 Å². The maximum absolute atomic E-state index is 12.3. The van der Waals surface area contributed by atoms with Gasteiger partial charge in [0.1, 0.15) is 5.75 Å². The Morgan fingerprint density at radius 3 is 2.62 bits per heavy atom. The van der Waals surface area contributed by atoms with E-state index in [2.05, 4.69) is 5.32 Å². The Kier molecular flexibility index (Phi) is 5.17. The molecule has 1 aromatic rings. The normalized spacial score (nSPS) is 17.2. The largest absolute Gasteiger partial charge is 0.507 e. The average molecular weight is 306 g/mol. The zero-order valence-electron chi connectivity index (χ0n) is 12.3. The zero-order valence-corrected chi connectivity index (χ0v) is 13.1. The topological polar surface area (TPSA) is 75.4 Å². The fraction of sp³-hybridized carbons (Fsp3) is 0.500. The van der Waals surface area contributed by atoms with E-state index in [0.717, 1.165) is 31.2 Å². The van der Waals surface area contributed by atoms with Crippen molar-refractivity contribution in [1.29, 1.82) is 0 Å². The lowest BCUT2D eigenvalue weighted by molar-refractivity contribution is 0.0929. The van der Waals surface area contributed by atoms with Gasteiger partial charge in [-0.15, -0.1) is 0 Å². The summed E-state index contributed by atoms with van der Waals surface area (Å²) in [6, 6.07) is 4.70. The van der Waals surface area contributed by atoms with E-state index in [9.17, 15) is 9.90 Å². The van der Waals surface area contributed by atoms with Crippen LogP contribution in [0, 0.1) is 12.8 Å². The molecule has 4 N–H and O–H groups in total. The van der Waals surface area contributed by atoms with Gasteiger partial charge < -0.3 is 16.2 Å². The van der Waals surface area contributed by atoms with Gasteiger partial charge in [-0.05, 0) is 43.4 Å². The molecule has 2 rings (SSSR count). The summed E-state index contributed by atoms with van der Waals surface area (Å²) in [5.74, 6) is -0.0403. The molecule has 1 unspecified atom stereocenters. The van der Waals surface area contributed by atoms with E-state index in [4.69, 9.17) is 18.0 Å². The minimum atomic E-state index is -0.323. The molecule has 0 bridgehead atoms. The molecule has 0 heterocycles. The second-order valence-corrected chi connectivity index (χ2v) is 6.24. The molecule has 1 fully saturated rings. The first-order valence-electron chi connectivity index (χ1n) is 7.39. The van der Waals surface area contributed by atoms with Crippen LogP contribution in [0.4, 0.5) is 0 Å². The molecule has 5 heteroatoms. The number of phenolic OH excluding ortho intramolecular Hbond substituents is 1. The SMILES string of the molecule is Cc1ccc(C(=O)NC(C(N)=S)C2CCCCC2)c(O)c1. The minimum Gasteiger partial charge on any atom is -0.507 e. The number of carbonyl (C=O) groups is 1. The molecule has 1 saturated carbocycles. The van der Waals surface area contributed by atoms with Gasteiger partial charge in [-0.25, -0.2) is 0 Å². The summed E-state index contributed by atoms with van der Waals surface area (Å²) >= 11 is 5.12. The first-order chi connectivity index (χ1) is 9.99. The molecule has 1 amide bonds. The Morgan fingerprint density at radius 1 is 1.38 bits per heavy atom. The molecule has 114 valence electrons. The first kappa shape index (κ1) is 15.8. The van der Waals surface area contributed by atoms with Crippen molar-refractivity contribution in [2.75, 3.05) is 0 Å². The minimum absolute atomic E-state index is 0.0159. The maximum atomic E-state index is 12.3. The lowest BCUT2D eigenvalue weighted by Crippen LogP contribution is -2.48. The Hall–Kier alpha value is -1.62. The van der Waals surface area contributed by atoms with Crippen molar-refractivity contribution in [3.05, 3.63) is 29.3 Å². The number of hydrogen-bond acceptors (Lipinski definition) is 3. The Morgan fingerprint density at radius 2 is 2.05 bits per heavy atom. The van der Waals surface area contributed by atoms with Crippen molar-refractivity contribution in [2.24, 2.45) is 11.7 Å². The van der Waals surface area contributed by atoms with Gasteiger partial charge in [0.25, 0.3) is 5.91 Å². The standard InChI is InChI=1S/C16H22N2O2S/c1-10-7-8-12(13(19)9-10)16(20)18-14(15(17)21)11-5-3-2-4-6-11/h7-9,11,14,19H,2-6H2,1H3,(H2,17,21)(H,18,20). The highest BCUT2D eigenvalue weighted by atomic mass is 32.1. The number of benzene rings is 1. The number of amides is 1. The molecule has 1 aliphatic rings. The zero-order chi connectivity index (χ0) is 15.4. The van der Waals surface area contributed by atoms with Gasteiger partial charge in [-0.2, -0.15) is 0 Å². The number of thiocarbonyl (C=S) groups is 1. The Labute approximate surface area is 130 Å². The molecular weight excluding hydrogens is 284 g/mol. The predicted octanol–water partition coefficient (Wildman–Crippen LogP) is 2.67. The number of phenols is 1. The van der Waals surface area contributed by atoms with Gasteiger partial charge in [-0.1, -0.05) is 37.5 Å². The third-order valence-electron chi connectivity index (χ3n) is 4.11. The van der Waals surface area contributed by atoms with Crippen molar-refractivity contribution in [2.45, 2.75) is 45.1 Å². The summed E-state index contributed by atoms with van der Waals surface area (Å²) in [6.07, 6.45) is 5.59. The van der Waals surface area contributed by atoms with Gasteiger partial charge in [0.15, 0.2) is 0 Å². The molecule has 1 aliphatic carbocycles.